The van der Waals surface area contributed by atoms with Gasteiger partial charge in [-0.15, -0.1) is 24.0 Å². The predicted octanol–water partition coefficient (Wildman–Crippen LogP) is 0.891. The van der Waals surface area contributed by atoms with Crippen molar-refractivity contribution in [2.24, 2.45) is 10.7 Å². The fraction of sp³-hybridized carbons (Fsp3) is 0.556. The molecule has 2 rings (SSSR count). The van der Waals surface area contributed by atoms with Gasteiger partial charge in [-0.05, 0) is 6.07 Å². The second kappa shape index (κ2) is 7.00. The van der Waals surface area contributed by atoms with Crippen LogP contribution in [0.2, 0.25) is 0 Å². The summed E-state index contributed by atoms with van der Waals surface area (Å²) in [5, 5.41) is 6.72. The second-order valence-electron chi connectivity index (χ2n) is 3.36. The Hall–Kier alpha value is -0.440. The highest BCUT2D eigenvalue weighted by atomic mass is 127. The molecule has 0 saturated carbocycles. The van der Waals surface area contributed by atoms with E-state index in [4.69, 9.17) is 5.73 Å². The van der Waals surface area contributed by atoms with E-state index in [0.717, 1.165) is 30.3 Å². The summed E-state index contributed by atoms with van der Waals surface area (Å²) in [5.74, 6) is 2.92. The molecule has 3 N–H and O–H groups in total. The molecular formula is C9H16IN5S. The van der Waals surface area contributed by atoms with E-state index in [9.17, 15) is 0 Å². The van der Waals surface area contributed by atoms with E-state index in [2.05, 4.69) is 20.1 Å². The molecule has 1 saturated heterocycles. The molecule has 2 heterocycles. The molecule has 0 aliphatic carbocycles. The molecule has 0 amide bonds. The zero-order chi connectivity index (χ0) is 10.5. The number of nitrogens with two attached hydrogens (primary N) is 1. The molecular weight excluding hydrogens is 337 g/mol. The lowest BCUT2D eigenvalue weighted by atomic mass is 10.4. The largest absolute Gasteiger partial charge is 0.370 e. The molecule has 90 valence electrons. The van der Waals surface area contributed by atoms with Crippen molar-refractivity contribution in [1.29, 1.82) is 0 Å². The van der Waals surface area contributed by atoms with Crippen LogP contribution in [-0.4, -0.2) is 45.7 Å². The number of hydrogen-bond donors (Lipinski definition) is 2. The normalized spacial score (nSPS) is 17.0. The third-order valence-corrected chi connectivity index (χ3v) is 3.25. The average Bonchev–Trinajstić information content (AvgIpc) is 2.80. The van der Waals surface area contributed by atoms with Crippen LogP contribution in [0.25, 0.3) is 0 Å². The Morgan fingerprint density at radius 3 is 2.94 bits per heavy atom. The van der Waals surface area contributed by atoms with E-state index in [-0.39, 0.29) is 24.0 Å². The molecule has 16 heavy (non-hydrogen) atoms. The molecule has 5 nitrogen and oxygen atoms in total. The molecule has 1 aromatic heterocycles. The van der Waals surface area contributed by atoms with Crippen molar-refractivity contribution in [2.75, 3.05) is 24.6 Å². The first-order valence-electron chi connectivity index (χ1n) is 4.97. The summed E-state index contributed by atoms with van der Waals surface area (Å²) in [5.41, 5.74) is 6.89. The lowest BCUT2D eigenvalue weighted by Gasteiger charge is -2.27. The van der Waals surface area contributed by atoms with Gasteiger partial charge in [-0.3, -0.25) is 5.10 Å². The van der Waals surface area contributed by atoms with Crippen molar-refractivity contribution in [1.82, 2.24) is 15.1 Å². The van der Waals surface area contributed by atoms with Crippen molar-refractivity contribution in [3.63, 3.8) is 0 Å². The standard InChI is InChI=1S/C9H15N5S.HI/c10-9(14-3-5-15-6-4-14)11-7-8-1-2-12-13-8;/h1-2H,3-7H2,(H2,10,11)(H,12,13);1H. The van der Waals surface area contributed by atoms with Crippen LogP contribution in [0.5, 0.6) is 0 Å². The number of nitrogens with zero attached hydrogens (tertiary/aromatic N) is 3. The van der Waals surface area contributed by atoms with E-state index in [1.807, 2.05) is 17.8 Å². The van der Waals surface area contributed by atoms with Crippen LogP contribution >= 0.6 is 35.7 Å². The van der Waals surface area contributed by atoms with Gasteiger partial charge in [0.1, 0.15) is 0 Å². The highest BCUT2D eigenvalue weighted by Crippen LogP contribution is 2.08. The molecule has 1 aliphatic heterocycles. The number of nitrogens with one attached hydrogen (secondary N) is 1. The van der Waals surface area contributed by atoms with Gasteiger partial charge in [-0.1, -0.05) is 0 Å². The topological polar surface area (TPSA) is 70.3 Å². The number of guanidine groups is 1. The van der Waals surface area contributed by atoms with Crippen LogP contribution in [0.4, 0.5) is 0 Å². The Kier molecular flexibility index (Phi) is 5.96. The molecule has 0 spiro atoms. The van der Waals surface area contributed by atoms with Crippen LogP contribution in [-0.2, 0) is 6.54 Å². The SMILES string of the molecule is I.NC(=NCc1ccn[nH]1)N1CCSCC1. The summed E-state index contributed by atoms with van der Waals surface area (Å²) in [7, 11) is 0. The van der Waals surface area contributed by atoms with Crippen LogP contribution in [0.1, 0.15) is 5.69 Å². The number of aromatic nitrogens is 2. The van der Waals surface area contributed by atoms with Crippen LogP contribution < -0.4 is 5.73 Å². The minimum Gasteiger partial charge on any atom is -0.370 e. The maximum absolute atomic E-state index is 5.90. The molecule has 0 atom stereocenters. The molecule has 0 bridgehead atoms. The Bertz CT molecular complexity index is 321. The van der Waals surface area contributed by atoms with Gasteiger partial charge in [-0.2, -0.15) is 16.9 Å². The number of aliphatic imine (C=N–C) groups is 1. The van der Waals surface area contributed by atoms with Gasteiger partial charge in [0.15, 0.2) is 5.96 Å². The average molecular weight is 353 g/mol. The summed E-state index contributed by atoms with van der Waals surface area (Å²) < 4.78 is 0. The number of H-pyrrole nitrogens is 1. The van der Waals surface area contributed by atoms with Gasteiger partial charge in [-0.25, -0.2) is 4.99 Å². The Morgan fingerprint density at radius 1 is 1.56 bits per heavy atom. The summed E-state index contributed by atoms with van der Waals surface area (Å²) in [6, 6.07) is 1.91. The summed E-state index contributed by atoms with van der Waals surface area (Å²) in [4.78, 5) is 6.46. The first-order valence-corrected chi connectivity index (χ1v) is 6.12. The number of halogens is 1. The quantitative estimate of drug-likeness (QED) is 0.471. The highest BCUT2D eigenvalue weighted by molar-refractivity contribution is 14.0. The maximum atomic E-state index is 5.90. The minimum atomic E-state index is 0. The molecule has 7 heteroatoms. The van der Waals surface area contributed by atoms with Crippen molar-refractivity contribution < 1.29 is 0 Å². The molecule has 1 aromatic rings. The number of rotatable bonds is 2. The number of hydrogen-bond acceptors (Lipinski definition) is 3. The van der Waals surface area contributed by atoms with Crippen molar-refractivity contribution in [3.8, 4) is 0 Å². The van der Waals surface area contributed by atoms with Gasteiger partial charge < -0.3 is 10.6 Å². The summed E-state index contributed by atoms with van der Waals surface area (Å²) >= 11 is 1.96. The van der Waals surface area contributed by atoms with Crippen molar-refractivity contribution >= 4 is 41.7 Å². The first-order chi connectivity index (χ1) is 7.36. The minimum absolute atomic E-state index is 0. The van der Waals surface area contributed by atoms with Gasteiger partial charge in [0, 0.05) is 30.8 Å². The van der Waals surface area contributed by atoms with E-state index >= 15 is 0 Å². The summed E-state index contributed by atoms with van der Waals surface area (Å²) in [6.45, 7) is 2.58. The van der Waals surface area contributed by atoms with E-state index in [1.165, 1.54) is 0 Å². The van der Waals surface area contributed by atoms with Crippen molar-refractivity contribution in [3.05, 3.63) is 18.0 Å². The maximum Gasteiger partial charge on any atom is 0.191 e. The number of aromatic amines is 1. The Balaban J connectivity index is 0.00000128. The van der Waals surface area contributed by atoms with Crippen LogP contribution in [0.3, 0.4) is 0 Å². The second-order valence-corrected chi connectivity index (χ2v) is 4.58. The molecule has 0 radical (unpaired) electrons. The molecule has 1 fully saturated rings. The lowest BCUT2D eigenvalue weighted by molar-refractivity contribution is 0.455. The monoisotopic (exact) mass is 353 g/mol. The Morgan fingerprint density at radius 2 is 2.31 bits per heavy atom. The van der Waals surface area contributed by atoms with Gasteiger partial charge in [0.2, 0.25) is 0 Å². The zero-order valence-electron chi connectivity index (χ0n) is 8.93. The van der Waals surface area contributed by atoms with Gasteiger partial charge in [0.25, 0.3) is 0 Å². The molecule has 0 aromatic carbocycles. The lowest BCUT2D eigenvalue weighted by Crippen LogP contribution is -2.42. The zero-order valence-corrected chi connectivity index (χ0v) is 12.1. The fourth-order valence-electron chi connectivity index (χ4n) is 1.43. The van der Waals surface area contributed by atoms with Crippen LogP contribution in [0.15, 0.2) is 17.3 Å². The van der Waals surface area contributed by atoms with Crippen molar-refractivity contribution in [2.45, 2.75) is 6.54 Å². The third kappa shape index (κ3) is 3.85. The molecule has 1 aliphatic rings. The van der Waals surface area contributed by atoms with Crippen LogP contribution in [0, 0.1) is 0 Å². The predicted molar refractivity (Wildman–Crippen MR) is 78.2 cm³/mol. The Labute approximate surface area is 116 Å². The van der Waals surface area contributed by atoms with Gasteiger partial charge >= 0.3 is 0 Å². The van der Waals surface area contributed by atoms with E-state index in [1.54, 1.807) is 6.20 Å². The summed E-state index contributed by atoms with van der Waals surface area (Å²) in [6.07, 6.45) is 1.72. The smallest absolute Gasteiger partial charge is 0.191 e. The van der Waals surface area contributed by atoms with Gasteiger partial charge in [0.05, 0.1) is 12.2 Å². The first kappa shape index (κ1) is 13.6. The van der Waals surface area contributed by atoms with E-state index < -0.39 is 0 Å². The fourth-order valence-corrected chi connectivity index (χ4v) is 2.33. The van der Waals surface area contributed by atoms with E-state index in [0.29, 0.717) is 12.5 Å². The molecule has 0 unspecified atom stereocenters. The highest BCUT2D eigenvalue weighted by Gasteiger charge is 2.11. The number of thioether (sulfide) groups is 1. The third-order valence-electron chi connectivity index (χ3n) is 2.30.